The van der Waals surface area contributed by atoms with Crippen LogP contribution in [-0.4, -0.2) is 0 Å². The maximum Gasteiger partial charge on any atom is 0.142 e. The van der Waals surface area contributed by atoms with Crippen molar-refractivity contribution in [2.24, 2.45) is 0 Å². The molecule has 0 N–H and O–H groups in total. The van der Waals surface area contributed by atoms with E-state index in [-0.39, 0.29) is 0 Å². The van der Waals surface area contributed by atoms with Crippen LogP contribution in [-0.2, 0) is 0 Å². The molecule has 0 spiro atoms. The normalized spacial score (nSPS) is 11.7. The molecule has 2 heterocycles. The highest BCUT2D eigenvalue weighted by Crippen LogP contribution is 2.42. The van der Waals surface area contributed by atoms with E-state index in [2.05, 4.69) is 72.8 Å². The second-order valence-electron chi connectivity index (χ2n) is 7.78. The maximum absolute atomic E-state index is 6.30. The Morgan fingerprint density at radius 3 is 1.20 bits per heavy atom. The molecule has 0 saturated heterocycles. The second-order valence-corrected chi connectivity index (χ2v) is 7.78. The SMILES string of the molecule is Cc1oc2c(ccc3c2ccc2c(-c4ccccc4)c(C)oc23)c1-c1ccccc1. The van der Waals surface area contributed by atoms with Gasteiger partial charge in [-0.3, -0.25) is 0 Å². The van der Waals surface area contributed by atoms with Crippen LogP contribution in [0.15, 0.2) is 93.8 Å². The second kappa shape index (κ2) is 6.36. The highest BCUT2D eigenvalue weighted by atomic mass is 16.3. The van der Waals surface area contributed by atoms with Crippen LogP contribution in [0, 0.1) is 13.8 Å². The van der Waals surface area contributed by atoms with Gasteiger partial charge in [0.1, 0.15) is 22.7 Å². The lowest BCUT2D eigenvalue weighted by atomic mass is 9.97. The number of fused-ring (bicyclic) bond motifs is 5. The molecule has 2 heteroatoms. The Morgan fingerprint density at radius 1 is 0.433 bits per heavy atom. The van der Waals surface area contributed by atoms with Crippen LogP contribution in [0.25, 0.3) is 55.0 Å². The van der Waals surface area contributed by atoms with Gasteiger partial charge in [0.15, 0.2) is 0 Å². The predicted molar refractivity (Wildman–Crippen MR) is 124 cm³/mol. The van der Waals surface area contributed by atoms with E-state index in [0.717, 1.165) is 55.4 Å². The summed E-state index contributed by atoms with van der Waals surface area (Å²) in [6.45, 7) is 4.08. The van der Waals surface area contributed by atoms with Crippen molar-refractivity contribution < 1.29 is 8.83 Å². The molecular weight excluding hydrogens is 368 g/mol. The molecule has 2 aromatic heterocycles. The molecule has 0 unspecified atom stereocenters. The summed E-state index contributed by atoms with van der Waals surface area (Å²) in [5.74, 6) is 1.87. The molecule has 2 nitrogen and oxygen atoms in total. The molecule has 0 saturated carbocycles. The molecule has 0 amide bonds. The smallest absolute Gasteiger partial charge is 0.142 e. The minimum atomic E-state index is 0.918. The number of hydrogen-bond donors (Lipinski definition) is 0. The highest BCUT2D eigenvalue weighted by Gasteiger charge is 2.19. The molecule has 0 aliphatic carbocycles. The Bertz CT molecular complexity index is 1410. The number of aryl methyl sites for hydroxylation is 2. The molecule has 0 fully saturated rings. The predicted octanol–water partition coefficient (Wildman–Crippen LogP) is 8.28. The number of furan rings is 2. The molecular formula is C28H20O2. The van der Waals surface area contributed by atoms with Gasteiger partial charge in [-0.25, -0.2) is 0 Å². The molecule has 4 aromatic carbocycles. The van der Waals surface area contributed by atoms with E-state index in [1.807, 2.05) is 26.0 Å². The van der Waals surface area contributed by atoms with E-state index in [9.17, 15) is 0 Å². The third kappa shape index (κ3) is 2.37. The van der Waals surface area contributed by atoms with Crippen molar-refractivity contribution in [1.82, 2.24) is 0 Å². The first-order chi connectivity index (χ1) is 14.7. The standard InChI is InChI=1S/C28H20O2/c1-17-25(19-9-5-3-6-10-19)23-15-13-22-21(27(23)29-17)14-16-24-26(18(2)30-28(22)24)20-11-7-4-8-12-20/h3-16H,1-2H3. The summed E-state index contributed by atoms with van der Waals surface area (Å²) in [6.07, 6.45) is 0. The van der Waals surface area contributed by atoms with Crippen molar-refractivity contribution in [3.05, 3.63) is 96.4 Å². The molecule has 6 rings (SSSR count). The fraction of sp³-hybridized carbons (Fsp3) is 0.0714. The van der Waals surface area contributed by atoms with E-state index in [4.69, 9.17) is 8.83 Å². The third-order valence-corrected chi connectivity index (χ3v) is 5.98. The highest BCUT2D eigenvalue weighted by molar-refractivity contribution is 6.18. The van der Waals surface area contributed by atoms with Gasteiger partial charge in [0.2, 0.25) is 0 Å². The van der Waals surface area contributed by atoms with Crippen LogP contribution < -0.4 is 0 Å². The Morgan fingerprint density at radius 2 is 0.800 bits per heavy atom. The molecule has 0 aliphatic rings. The van der Waals surface area contributed by atoms with E-state index >= 15 is 0 Å². The minimum Gasteiger partial charge on any atom is -0.460 e. The molecule has 144 valence electrons. The van der Waals surface area contributed by atoms with Gasteiger partial charge < -0.3 is 8.83 Å². The molecule has 0 bridgehead atoms. The van der Waals surface area contributed by atoms with Gasteiger partial charge >= 0.3 is 0 Å². The van der Waals surface area contributed by atoms with Crippen LogP contribution in [0.4, 0.5) is 0 Å². The topological polar surface area (TPSA) is 26.3 Å². The molecule has 0 atom stereocenters. The summed E-state index contributed by atoms with van der Waals surface area (Å²) in [6, 6.07) is 29.5. The Balaban J connectivity index is 1.66. The largest absolute Gasteiger partial charge is 0.460 e. The monoisotopic (exact) mass is 388 g/mol. The maximum atomic E-state index is 6.30. The van der Waals surface area contributed by atoms with Crippen molar-refractivity contribution in [1.29, 1.82) is 0 Å². The van der Waals surface area contributed by atoms with Gasteiger partial charge in [0.05, 0.1) is 0 Å². The van der Waals surface area contributed by atoms with Gasteiger partial charge in [0.25, 0.3) is 0 Å². The van der Waals surface area contributed by atoms with Gasteiger partial charge in [-0.05, 0) is 49.2 Å². The van der Waals surface area contributed by atoms with E-state index in [1.54, 1.807) is 0 Å². The third-order valence-electron chi connectivity index (χ3n) is 5.98. The first-order valence-corrected chi connectivity index (χ1v) is 10.2. The fourth-order valence-electron chi connectivity index (χ4n) is 4.68. The summed E-state index contributed by atoms with van der Waals surface area (Å²) < 4.78 is 12.6. The van der Waals surface area contributed by atoms with Crippen LogP contribution in [0.3, 0.4) is 0 Å². The Kier molecular flexibility index (Phi) is 3.63. The fourth-order valence-corrected chi connectivity index (χ4v) is 4.68. The zero-order chi connectivity index (χ0) is 20.2. The van der Waals surface area contributed by atoms with Gasteiger partial charge in [-0.1, -0.05) is 60.7 Å². The lowest BCUT2D eigenvalue weighted by molar-refractivity contribution is 0.580. The molecule has 30 heavy (non-hydrogen) atoms. The van der Waals surface area contributed by atoms with Crippen molar-refractivity contribution in [2.75, 3.05) is 0 Å². The lowest BCUT2D eigenvalue weighted by Crippen LogP contribution is -1.80. The Hall–Kier alpha value is -3.78. The van der Waals surface area contributed by atoms with Crippen molar-refractivity contribution >= 4 is 32.7 Å². The van der Waals surface area contributed by atoms with Crippen LogP contribution in [0.2, 0.25) is 0 Å². The number of rotatable bonds is 2. The first-order valence-electron chi connectivity index (χ1n) is 10.2. The lowest BCUT2D eigenvalue weighted by Gasteiger charge is -2.03. The zero-order valence-corrected chi connectivity index (χ0v) is 16.9. The summed E-state index contributed by atoms with van der Waals surface area (Å²) >= 11 is 0. The van der Waals surface area contributed by atoms with Crippen LogP contribution in [0.5, 0.6) is 0 Å². The first kappa shape index (κ1) is 17.1. The van der Waals surface area contributed by atoms with Gasteiger partial charge in [0, 0.05) is 32.7 Å². The average molecular weight is 388 g/mol. The van der Waals surface area contributed by atoms with Crippen molar-refractivity contribution in [2.45, 2.75) is 13.8 Å². The Labute approximate surface area is 174 Å². The van der Waals surface area contributed by atoms with Gasteiger partial charge in [-0.15, -0.1) is 0 Å². The average Bonchev–Trinajstić information content (AvgIpc) is 3.30. The molecule has 0 radical (unpaired) electrons. The van der Waals surface area contributed by atoms with Crippen LogP contribution >= 0.6 is 0 Å². The number of hydrogen-bond acceptors (Lipinski definition) is 2. The van der Waals surface area contributed by atoms with Crippen LogP contribution in [0.1, 0.15) is 11.5 Å². The summed E-state index contributed by atoms with van der Waals surface area (Å²) in [4.78, 5) is 0. The van der Waals surface area contributed by atoms with Gasteiger partial charge in [-0.2, -0.15) is 0 Å². The van der Waals surface area contributed by atoms with E-state index in [0.29, 0.717) is 0 Å². The van der Waals surface area contributed by atoms with E-state index in [1.165, 1.54) is 11.1 Å². The van der Waals surface area contributed by atoms with Crippen molar-refractivity contribution in [3.8, 4) is 22.3 Å². The molecule has 0 aliphatic heterocycles. The summed E-state index contributed by atoms with van der Waals surface area (Å²) in [5.41, 5.74) is 6.51. The number of benzene rings is 4. The molecule has 6 aromatic rings. The quantitative estimate of drug-likeness (QED) is 0.298. The van der Waals surface area contributed by atoms with E-state index < -0.39 is 0 Å². The summed E-state index contributed by atoms with van der Waals surface area (Å²) in [7, 11) is 0. The summed E-state index contributed by atoms with van der Waals surface area (Å²) in [5, 5.41) is 4.44. The zero-order valence-electron chi connectivity index (χ0n) is 16.9. The minimum absolute atomic E-state index is 0.918. The van der Waals surface area contributed by atoms with Crippen molar-refractivity contribution in [3.63, 3.8) is 0 Å².